The van der Waals surface area contributed by atoms with E-state index in [1.807, 2.05) is 31.2 Å². The van der Waals surface area contributed by atoms with Gasteiger partial charge in [0.1, 0.15) is 18.1 Å². The van der Waals surface area contributed by atoms with Crippen LogP contribution in [0.1, 0.15) is 25.3 Å². The van der Waals surface area contributed by atoms with Crippen LogP contribution in [0.25, 0.3) is 0 Å². The van der Waals surface area contributed by atoms with E-state index < -0.39 is 0 Å². The molecular weight excluding hydrogens is 370 g/mol. The van der Waals surface area contributed by atoms with Gasteiger partial charge < -0.3 is 19.1 Å². The standard InChI is InChI=1S/C23H23NO5/c1-3-18(4-2)29-19-11-9-17(10-12-19)15-28-23(26)13-14-24-20-7-5-6-8-21(20)27-16-22(24)25/h1,5-12,18H,4,13-16H2,2H3. The minimum atomic E-state index is -0.375. The van der Waals surface area contributed by atoms with Gasteiger partial charge in [0.05, 0.1) is 12.1 Å². The molecule has 2 aromatic carbocycles. The number of terminal acetylenes is 1. The van der Waals surface area contributed by atoms with Crippen LogP contribution < -0.4 is 14.4 Å². The van der Waals surface area contributed by atoms with Gasteiger partial charge in [-0.1, -0.05) is 37.1 Å². The molecule has 0 aliphatic carbocycles. The second-order valence-corrected chi connectivity index (χ2v) is 6.54. The van der Waals surface area contributed by atoms with Crippen LogP contribution in [0.5, 0.6) is 11.5 Å². The lowest BCUT2D eigenvalue weighted by molar-refractivity contribution is -0.144. The maximum absolute atomic E-state index is 12.1. The first-order chi connectivity index (χ1) is 14.1. The molecule has 1 aliphatic heterocycles. The number of esters is 1. The molecule has 0 bridgehead atoms. The fourth-order valence-corrected chi connectivity index (χ4v) is 2.90. The van der Waals surface area contributed by atoms with E-state index in [1.165, 1.54) is 0 Å². The zero-order chi connectivity index (χ0) is 20.6. The van der Waals surface area contributed by atoms with Crippen LogP contribution in [0.3, 0.4) is 0 Å². The Morgan fingerprint density at radius 1 is 1.24 bits per heavy atom. The highest BCUT2D eigenvalue weighted by molar-refractivity contribution is 5.98. The Hall–Kier alpha value is -3.46. The predicted molar refractivity (Wildman–Crippen MR) is 109 cm³/mol. The topological polar surface area (TPSA) is 65.1 Å². The molecule has 150 valence electrons. The van der Waals surface area contributed by atoms with Crippen LogP contribution in [0.15, 0.2) is 48.5 Å². The molecule has 1 amide bonds. The minimum absolute atomic E-state index is 0.0287. The van der Waals surface area contributed by atoms with Gasteiger partial charge in [0.2, 0.25) is 0 Å². The third-order valence-corrected chi connectivity index (χ3v) is 4.51. The first-order valence-corrected chi connectivity index (χ1v) is 9.50. The molecular formula is C23H23NO5. The number of benzene rings is 2. The van der Waals surface area contributed by atoms with Crippen molar-refractivity contribution in [3.05, 3.63) is 54.1 Å². The van der Waals surface area contributed by atoms with Crippen molar-refractivity contribution in [2.24, 2.45) is 0 Å². The molecule has 0 saturated heterocycles. The number of carbonyl (C=O) groups excluding carboxylic acids is 2. The highest BCUT2D eigenvalue weighted by Crippen LogP contribution is 2.31. The quantitative estimate of drug-likeness (QED) is 0.508. The van der Waals surface area contributed by atoms with E-state index in [0.717, 1.165) is 12.0 Å². The number of hydrogen-bond acceptors (Lipinski definition) is 5. The maximum atomic E-state index is 12.1. The second-order valence-electron chi connectivity index (χ2n) is 6.54. The molecule has 6 heteroatoms. The van der Waals surface area contributed by atoms with Crippen LogP contribution in [0, 0.1) is 12.3 Å². The third-order valence-electron chi connectivity index (χ3n) is 4.51. The van der Waals surface area contributed by atoms with E-state index in [2.05, 4.69) is 5.92 Å². The van der Waals surface area contributed by atoms with Gasteiger partial charge in [0.15, 0.2) is 12.7 Å². The Kier molecular flexibility index (Phi) is 6.75. The van der Waals surface area contributed by atoms with Crippen LogP contribution in [-0.2, 0) is 20.9 Å². The normalized spacial score (nSPS) is 13.7. The molecule has 0 aromatic heterocycles. The summed E-state index contributed by atoms with van der Waals surface area (Å²) in [7, 11) is 0. The predicted octanol–water partition coefficient (Wildman–Crippen LogP) is 3.34. The number of hydrogen-bond donors (Lipinski definition) is 0. The molecule has 3 rings (SSSR count). The van der Waals surface area contributed by atoms with Crippen molar-refractivity contribution >= 4 is 17.6 Å². The van der Waals surface area contributed by atoms with Gasteiger partial charge in [-0.15, -0.1) is 6.42 Å². The summed E-state index contributed by atoms with van der Waals surface area (Å²) in [5.74, 6) is 3.34. The van der Waals surface area contributed by atoms with Gasteiger partial charge in [0.25, 0.3) is 5.91 Å². The van der Waals surface area contributed by atoms with E-state index in [4.69, 9.17) is 20.6 Å². The lowest BCUT2D eigenvalue weighted by Crippen LogP contribution is -2.40. The molecule has 0 N–H and O–H groups in total. The van der Waals surface area contributed by atoms with Gasteiger partial charge in [-0.25, -0.2) is 0 Å². The highest BCUT2D eigenvalue weighted by Gasteiger charge is 2.25. The van der Waals surface area contributed by atoms with Crippen molar-refractivity contribution in [1.82, 2.24) is 0 Å². The van der Waals surface area contributed by atoms with Gasteiger partial charge in [-0.2, -0.15) is 0 Å². The summed E-state index contributed by atoms with van der Waals surface area (Å²) in [5.41, 5.74) is 1.51. The van der Waals surface area contributed by atoms with E-state index in [9.17, 15) is 9.59 Å². The Balaban J connectivity index is 1.48. The number of ether oxygens (including phenoxy) is 3. The Morgan fingerprint density at radius 3 is 2.72 bits per heavy atom. The molecule has 1 heterocycles. The first kappa shape index (κ1) is 20.3. The van der Waals surface area contributed by atoms with Gasteiger partial charge >= 0.3 is 5.97 Å². The summed E-state index contributed by atoms with van der Waals surface area (Å²) in [4.78, 5) is 25.8. The zero-order valence-electron chi connectivity index (χ0n) is 16.3. The summed E-state index contributed by atoms with van der Waals surface area (Å²) in [6.07, 6.45) is 5.96. The fourth-order valence-electron chi connectivity index (χ4n) is 2.90. The molecule has 1 atom stereocenters. The Morgan fingerprint density at radius 2 is 2.00 bits per heavy atom. The average Bonchev–Trinajstić information content (AvgIpc) is 2.76. The lowest BCUT2D eigenvalue weighted by Gasteiger charge is -2.28. The number of anilines is 1. The van der Waals surface area contributed by atoms with Crippen LogP contribution >= 0.6 is 0 Å². The molecule has 1 unspecified atom stereocenters. The van der Waals surface area contributed by atoms with Crippen LogP contribution in [-0.4, -0.2) is 31.1 Å². The van der Waals surface area contributed by atoms with E-state index in [1.54, 1.807) is 29.2 Å². The van der Waals surface area contributed by atoms with Crippen LogP contribution in [0.4, 0.5) is 5.69 Å². The maximum Gasteiger partial charge on any atom is 0.307 e. The smallest absolute Gasteiger partial charge is 0.307 e. The van der Waals surface area contributed by atoms with Crippen LogP contribution in [0.2, 0.25) is 0 Å². The van der Waals surface area contributed by atoms with E-state index in [-0.39, 0.29) is 44.2 Å². The molecule has 0 fully saturated rings. The number of amides is 1. The molecule has 0 saturated carbocycles. The van der Waals surface area contributed by atoms with Crippen molar-refractivity contribution in [2.45, 2.75) is 32.5 Å². The summed E-state index contributed by atoms with van der Waals surface area (Å²) in [6.45, 7) is 2.33. The van der Waals surface area contributed by atoms with Gasteiger partial charge in [0, 0.05) is 6.54 Å². The van der Waals surface area contributed by atoms with Crippen molar-refractivity contribution in [3.8, 4) is 23.8 Å². The number of nitrogens with zero attached hydrogens (tertiary/aromatic N) is 1. The average molecular weight is 393 g/mol. The largest absolute Gasteiger partial charge is 0.482 e. The minimum Gasteiger partial charge on any atom is -0.482 e. The second kappa shape index (κ2) is 9.65. The molecule has 0 spiro atoms. The lowest BCUT2D eigenvalue weighted by atomic mass is 10.2. The Bertz CT molecular complexity index is 900. The monoisotopic (exact) mass is 393 g/mol. The SMILES string of the molecule is C#CC(CC)Oc1ccc(COC(=O)CCN2C(=O)COc3ccccc32)cc1. The van der Waals surface area contributed by atoms with Crippen molar-refractivity contribution in [1.29, 1.82) is 0 Å². The number of fused-ring (bicyclic) bond motifs is 1. The van der Waals surface area contributed by atoms with E-state index >= 15 is 0 Å². The summed E-state index contributed by atoms with van der Waals surface area (Å²) < 4.78 is 16.4. The summed E-state index contributed by atoms with van der Waals surface area (Å²) in [5, 5.41) is 0. The zero-order valence-corrected chi connectivity index (χ0v) is 16.3. The van der Waals surface area contributed by atoms with Crippen molar-refractivity contribution < 1.29 is 23.8 Å². The van der Waals surface area contributed by atoms with E-state index in [0.29, 0.717) is 17.2 Å². The summed E-state index contributed by atoms with van der Waals surface area (Å²) >= 11 is 0. The summed E-state index contributed by atoms with van der Waals surface area (Å²) in [6, 6.07) is 14.5. The third kappa shape index (κ3) is 5.29. The first-order valence-electron chi connectivity index (χ1n) is 9.50. The number of rotatable bonds is 8. The molecule has 6 nitrogen and oxygen atoms in total. The van der Waals surface area contributed by atoms with Gasteiger partial charge in [-0.05, 0) is 36.2 Å². The number of carbonyl (C=O) groups is 2. The molecule has 29 heavy (non-hydrogen) atoms. The number of para-hydroxylation sites is 2. The molecule has 2 aromatic rings. The van der Waals surface area contributed by atoms with Crippen molar-refractivity contribution in [3.63, 3.8) is 0 Å². The molecule has 0 radical (unpaired) electrons. The van der Waals surface area contributed by atoms with Crippen molar-refractivity contribution in [2.75, 3.05) is 18.1 Å². The molecule has 1 aliphatic rings. The highest BCUT2D eigenvalue weighted by atomic mass is 16.5. The fraction of sp³-hybridized carbons (Fsp3) is 0.304. The van der Waals surface area contributed by atoms with Gasteiger partial charge in [-0.3, -0.25) is 9.59 Å². The Labute approximate surface area is 170 Å².